The minimum absolute atomic E-state index is 0.114. The number of aromatic nitrogens is 2. The molecule has 5 heteroatoms. The van der Waals surface area contributed by atoms with E-state index in [1.165, 1.54) is 4.88 Å². The molecule has 0 aromatic carbocycles. The average molecular weight is 258 g/mol. The third kappa shape index (κ3) is 2.66. The number of nitrogens with zero attached hydrogens (tertiary/aromatic N) is 3. The summed E-state index contributed by atoms with van der Waals surface area (Å²) in [7, 11) is 0. The Morgan fingerprint density at radius 1 is 1.39 bits per heavy atom. The summed E-state index contributed by atoms with van der Waals surface area (Å²) in [5.41, 5.74) is 1.35. The van der Waals surface area contributed by atoms with Crippen molar-refractivity contribution in [3.8, 4) is 6.07 Å². The van der Waals surface area contributed by atoms with Gasteiger partial charge in [0.15, 0.2) is 0 Å². The van der Waals surface area contributed by atoms with Gasteiger partial charge in [-0.25, -0.2) is 9.97 Å². The molecule has 2 heterocycles. The SMILES string of the molecule is Cc1cnc([C@H](C)Nc2ccc(C#N)c(C)n2)s1. The van der Waals surface area contributed by atoms with E-state index < -0.39 is 0 Å². The van der Waals surface area contributed by atoms with Crippen molar-refractivity contribution < 1.29 is 0 Å². The van der Waals surface area contributed by atoms with Crippen molar-refractivity contribution in [3.05, 3.63) is 39.5 Å². The Hall–Kier alpha value is -1.93. The Kier molecular flexibility index (Phi) is 3.58. The number of rotatable bonds is 3. The third-order valence-corrected chi connectivity index (χ3v) is 3.68. The molecule has 0 saturated carbocycles. The fourth-order valence-corrected chi connectivity index (χ4v) is 2.39. The lowest BCUT2D eigenvalue weighted by Crippen LogP contribution is -2.08. The fourth-order valence-electron chi connectivity index (χ4n) is 1.62. The van der Waals surface area contributed by atoms with E-state index >= 15 is 0 Å². The highest BCUT2D eigenvalue weighted by atomic mass is 32.1. The van der Waals surface area contributed by atoms with Crippen LogP contribution in [0.5, 0.6) is 0 Å². The molecule has 0 aliphatic rings. The Morgan fingerprint density at radius 2 is 2.17 bits per heavy atom. The van der Waals surface area contributed by atoms with Crippen molar-refractivity contribution >= 4 is 17.2 Å². The standard InChI is InChI=1S/C13H14N4S/c1-8-7-15-13(18-8)10(3)17-12-5-4-11(6-14)9(2)16-12/h4-5,7,10H,1-3H3,(H,16,17)/t10-/m0/s1. The van der Waals surface area contributed by atoms with Gasteiger partial charge in [0.05, 0.1) is 17.3 Å². The minimum Gasteiger partial charge on any atom is -0.361 e. The number of pyridine rings is 1. The average Bonchev–Trinajstić information content (AvgIpc) is 2.76. The summed E-state index contributed by atoms with van der Waals surface area (Å²) in [6.07, 6.45) is 1.87. The molecule has 1 N–H and O–H groups in total. The minimum atomic E-state index is 0.114. The van der Waals surface area contributed by atoms with Crippen LogP contribution in [-0.4, -0.2) is 9.97 Å². The molecule has 0 bridgehead atoms. The smallest absolute Gasteiger partial charge is 0.126 e. The van der Waals surface area contributed by atoms with E-state index in [2.05, 4.69) is 21.4 Å². The van der Waals surface area contributed by atoms with Crippen molar-refractivity contribution in [2.45, 2.75) is 26.8 Å². The first kappa shape index (κ1) is 12.5. The van der Waals surface area contributed by atoms with Gasteiger partial charge < -0.3 is 5.32 Å². The molecule has 0 aliphatic heterocycles. The zero-order chi connectivity index (χ0) is 13.1. The van der Waals surface area contributed by atoms with Gasteiger partial charge in [-0.3, -0.25) is 0 Å². The van der Waals surface area contributed by atoms with Gasteiger partial charge in [0.2, 0.25) is 0 Å². The van der Waals surface area contributed by atoms with Crippen LogP contribution in [0.3, 0.4) is 0 Å². The lowest BCUT2D eigenvalue weighted by atomic mass is 10.2. The van der Waals surface area contributed by atoms with Gasteiger partial charge >= 0.3 is 0 Å². The van der Waals surface area contributed by atoms with Crippen LogP contribution in [-0.2, 0) is 0 Å². The van der Waals surface area contributed by atoms with E-state index in [1.54, 1.807) is 17.4 Å². The summed E-state index contributed by atoms with van der Waals surface area (Å²) in [4.78, 5) is 9.90. The normalized spacial score (nSPS) is 11.9. The van der Waals surface area contributed by atoms with Crippen LogP contribution in [0.25, 0.3) is 0 Å². The molecular formula is C13H14N4S. The van der Waals surface area contributed by atoms with E-state index in [-0.39, 0.29) is 6.04 Å². The molecule has 0 unspecified atom stereocenters. The first-order chi connectivity index (χ1) is 8.60. The summed E-state index contributed by atoms with van der Waals surface area (Å²) in [5, 5.41) is 13.2. The van der Waals surface area contributed by atoms with Gasteiger partial charge in [0.1, 0.15) is 16.9 Å². The third-order valence-electron chi connectivity index (χ3n) is 2.58. The number of aryl methyl sites for hydroxylation is 2. The second-order valence-corrected chi connectivity index (χ2v) is 5.38. The van der Waals surface area contributed by atoms with E-state index in [9.17, 15) is 0 Å². The van der Waals surface area contributed by atoms with E-state index in [1.807, 2.05) is 33.0 Å². The van der Waals surface area contributed by atoms with Crippen molar-refractivity contribution in [2.24, 2.45) is 0 Å². The molecule has 2 aromatic rings. The van der Waals surface area contributed by atoms with Crippen molar-refractivity contribution in [3.63, 3.8) is 0 Å². The van der Waals surface area contributed by atoms with Crippen LogP contribution < -0.4 is 5.32 Å². The Balaban J connectivity index is 2.15. The quantitative estimate of drug-likeness (QED) is 0.918. The summed E-state index contributed by atoms with van der Waals surface area (Å²) >= 11 is 1.67. The predicted molar refractivity (Wildman–Crippen MR) is 72.6 cm³/mol. The highest BCUT2D eigenvalue weighted by molar-refractivity contribution is 7.11. The number of thiazole rings is 1. The summed E-state index contributed by atoms with van der Waals surface area (Å²) in [6, 6.07) is 5.83. The van der Waals surface area contributed by atoms with E-state index in [0.717, 1.165) is 16.5 Å². The number of hydrogen-bond acceptors (Lipinski definition) is 5. The predicted octanol–water partition coefficient (Wildman–Crippen LogP) is 3.20. The summed E-state index contributed by atoms with van der Waals surface area (Å²) < 4.78 is 0. The zero-order valence-corrected chi connectivity index (χ0v) is 11.4. The lowest BCUT2D eigenvalue weighted by Gasteiger charge is -2.12. The Bertz CT molecular complexity index is 597. The van der Waals surface area contributed by atoms with Crippen LogP contribution in [0.1, 0.15) is 34.1 Å². The Morgan fingerprint density at radius 3 is 2.72 bits per heavy atom. The van der Waals surface area contributed by atoms with E-state index in [4.69, 9.17) is 5.26 Å². The maximum atomic E-state index is 8.85. The van der Waals surface area contributed by atoms with Crippen LogP contribution in [0.4, 0.5) is 5.82 Å². The molecule has 2 aromatic heterocycles. The lowest BCUT2D eigenvalue weighted by molar-refractivity contribution is 0.858. The van der Waals surface area contributed by atoms with E-state index in [0.29, 0.717) is 5.56 Å². The first-order valence-electron chi connectivity index (χ1n) is 5.66. The van der Waals surface area contributed by atoms with Crippen molar-refractivity contribution in [2.75, 3.05) is 5.32 Å². The second kappa shape index (κ2) is 5.15. The number of nitriles is 1. The van der Waals surface area contributed by atoms with Gasteiger partial charge in [-0.15, -0.1) is 11.3 Å². The molecule has 0 aliphatic carbocycles. The summed E-state index contributed by atoms with van der Waals surface area (Å²) in [5.74, 6) is 0.770. The largest absolute Gasteiger partial charge is 0.361 e. The van der Waals surface area contributed by atoms with Gasteiger partial charge in [-0.2, -0.15) is 5.26 Å². The highest BCUT2D eigenvalue weighted by Crippen LogP contribution is 2.22. The van der Waals surface area contributed by atoms with Gasteiger partial charge in [0, 0.05) is 11.1 Å². The highest BCUT2D eigenvalue weighted by Gasteiger charge is 2.10. The second-order valence-electron chi connectivity index (χ2n) is 4.12. The molecule has 0 spiro atoms. The maximum absolute atomic E-state index is 8.85. The number of nitrogens with one attached hydrogen (secondary N) is 1. The first-order valence-corrected chi connectivity index (χ1v) is 6.48. The van der Waals surface area contributed by atoms with Gasteiger partial charge in [0.25, 0.3) is 0 Å². The fraction of sp³-hybridized carbons (Fsp3) is 0.308. The van der Waals surface area contributed by atoms with Gasteiger partial charge in [-0.1, -0.05) is 0 Å². The molecule has 0 radical (unpaired) electrons. The van der Waals surface area contributed by atoms with Crippen LogP contribution in [0.15, 0.2) is 18.3 Å². The summed E-state index contributed by atoms with van der Waals surface area (Å²) in [6.45, 7) is 5.92. The molecule has 92 valence electrons. The van der Waals surface area contributed by atoms with Crippen molar-refractivity contribution in [1.82, 2.24) is 9.97 Å². The number of hydrogen-bond donors (Lipinski definition) is 1. The molecule has 18 heavy (non-hydrogen) atoms. The Labute approximate surface area is 110 Å². The molecular weight excluding hydrogens is 244 g/mol. The topological polar surface area (TPSA) is 61.6 Å². The van der Waals surface area contributed by atoms with Crippen molar-refractivity contribution in [1.29, 1.82) is 5.26 Å². The molecule has 0 amide bonds. The molecule has 1 atom stereocenters. The zero-order valence-electron chi connectivity index (χ0n) is 10.6. The van der Waals surface area contributed by atoms with Crippen LogP contribution in [0.2, 0.25) is 0 Å². The van der Waals surface area contributed by atoms with Crippen LogP contribution in [0, 0.1) is 25.2 Å². The van der Waals surface area contributed by atoms with Gasteiger partial charge in [-0.05, 0) is 32.9 Å². The molecule has 0 fully saturated rings. The maximum Gasteiger partial charge on any atom is 0.126 e. The monoisotopic (exact) mass is 258 g/mol. The molecule has 0 saturated heterocycles. The molecule has 4 nitrogen and oxygen atoms in total. The molecule has 2 rings (SSSR count). The number of anilines is 1. The van der Waals surface area contributed by atoms with Crippen LogP contribution >= 0.6 is 11.3 Å².